The van der Waals surface area contributed by atoms with Crippen LogP contribution in [-0.4, -0.2) is 59.6 Å². The van der Waals surface area contributed by atoms with Gasteiger partial charge in [-0.1, -0.05) is 12.1 Å². The van der Waals surface area contributed by atoms with Crippen molar-refractivity contribution in [3.63, 3.8) is 0 Å². The number of rotatable bonds is 6. The van der Waals surface area contributed by atoms with Crippen LogP contribution in [0.5, 0.6) is 0 Å². The molecule has 1 saturated heterocycles. The van der Waals surface area contributed by atoms with E-state index in [1.807, 2.05) is 20.8 Å². The van der Waals surface area contributed by atoms with Gasteiger partial charge in [-0.05, 0) is 27.2 Å². The van der Waals surface area contributed by atoms with Gasteiger partial charge in [0.25, 0.3) is 0 Å². The first-order valence-corrected chi connectivity index (χ1v) is 8.15. The van der Waals surface area contributed by atoms with Crippen LogP contribution in [-0.2, 0) is 11.3 Å². The molecular formula is C16H28N4O2. The van der Waals surface area contributed by atoms with E-state index in [-0.39, 0.29) is 11.9 Å². The molecule has 124 valence electrons. The van der Waals surface area contributed by atoms with Crippen LogP contribution in [0.1, 0.15) is 37.3 Å². The highest BCUT2D eigenvalue weighted by Gasteiger charge is 2.21. The van der Waals surface area contributed by atoms with Gasteiger partial charge in [0, 0.05) is 44.3 Å². The molecule has 1 amide bonds. The molecule has 1 N–H and O–H groups in total. The third-order valence-corrected chi connectivity index (χ3v) is 4.41. The molecule has 0 unspecified atom stereocenters. The number of piperazine rings is 1. The summed E-state index contributed by atoms with van der Waals surface area (Å²) in [6.45, 7) is 13.3. The molecule has 0 aromatic carbocycles. The highest BCUT2D eigenvalue weighted by atomic mass is 16.5. The molecule has 1 aliphatic rings. The quantitative estimate of drug-likeness (QED) is 0.859. The van der Waals surface area contributed by atoms with Crippen LogP contribution in [0.4, 0.5) is 0 Å². The molecule has 0 bridgehead atoms. The molecule has 6 nitrogen and oxygen atoms in total. The van der Waals surface area contributed by atoms with Gasteiger partial charge < -0.3 is 9.84 Å². The fraction of sp³-hybridized carbons (Fsp3) is 0.750. The lowest BCUT2D eigenvalue weighted by Gasteiger charge is -2.34. The highest BCUT2D eigenvalue weighted by Crippen LogP contribution is 2.16. The van der Waals surface area contributed by atoms with Gasteiger partial charge in [-0.25, -0.2) is 0 Å². The van der Waals surface area contributed by atoms with Crippen molar-refractivity contribution in [3.05, 3.63) is 17.0 Å². The minimum atomic E-state index is 0.133. The normalized spacial score (nSPS) is 18.4. The van der Waals surface area contributed by atoms with Crippen molar-refractivity contribution in [1.29, 1.82) is 0 Å². The third kappa shape index (κ3) is 4.55. The number of hydrogen-bond acceptors (Lipinski definition) is 5. The lowest BCUT2D eigenvalue weighted by molar-refractivity contribution is -0.123. The minimum absolute atomic E-state index is 0.133. The van der Waals surface area contributed by atoms with Gasteiger partial charge in [0.2, 0.25) is 5.91 Å². The summed E-state index contributed by atoms with van der Waals surface area (Å²) >= 11 is 0. The number of aromatic nitrogens is 1. The number of hydrogen-bond donors (Lipinski definition) is 1. The monoisotopic (exact) mass is 308 g/mol. The predicted molar refractivity (Wildman–Crippen MR) is 85.6 cm³/mol. The summed E-state index contributed by atoms with van der Waals surface area (Å²) in [7, 11) is 0. The van der Waals surface area contributed by atoms with Crippen LogP contribution in [0.15, 0.2) is 4.52 Å². The fourth-order valence-corrected chi connectivity index (χ4v) is 2.68. The molecule has 22 heavy (non-hydrogen) atoms. The predicted octanol–water partition coefficient (Wildman–Crippen LogP) is 1.32. The zero-order chi connectivity index (χ0) is 16.1. The van der Waals surface area contributed by atoms with Crippen LogP contribution in [0.25, 0.3) is 0 Å². The second-order valence-electron chi connectivity index (χ2n) is 6.23. The molecular weight excluding hydrogens is 280 g/mol. The Morgan fingerprint density at radius 2 is 1.91 bits per heavy atom. The fourth-order valence-electron chi connectivity index (χ4n) is 2.68. The number of carbonyl (C=O) groups is 1. The number of amides is 1. The lowest BCUT2D eigenvalue weighted by Crippen LogP contribution is -2.49. The number of carbonyl (C=O) groups excluding carboxylic acids is 1. The van der Waals surface area contributed by atoms with Crippen molar-refractivity contribution >= 4 is 5.91 Å². The van der Waals surface area contributed by atoms with Gasteiger partial charge in [0.1, 0.15) is 5.76 Å². The van der Waals surface area contributed by atoms with Gasteiger partial charge in [-0.2, -0.15) is 0 Å². The van der Waals surface area contributed by atoms with E-state index in [0.717, 1.165) is 50.6 Å². The first kappa shape index (κ1) is 17.0. The zero-order valence-electron chi connectivity index (χ0n) is 14.2. The molecule has 1 aliphatic heterocycles. The van der Waals surface area contributed by atoms with Gasteiger partial charge >= 0.3 is 0 Å². The Morgan fingerprint density at radius 3 is 2.45 bits per heavy atom. The van der Waals surface area contributed by atoms with E-state index >= 15 is 0 Å². The SMILES string of the molecule is CC[C@@H](C)NC(=O)CN1CCN(Cc2c(C)noc2C)CC1. The maximum absolute atomic E-state index is 11.9. The molecule has 0 spiro atoms. The molecule has 2 rings (SSSR count). The minimum Gasteiger partial charge on any atom is -0.361 e. The summed E-state index contributed by atoms with van der Waals surface area (Å²) in [6, 6.07) is 0.258. The van der Waals surface area contributed by atoms with Crippen LogP contribution in [0, 0.1) is 13.8 Å². The van der Waals surface area contributed by atoms with Crippen molar-refractivity contribution in [1.82, 2.24) is 20.3 Å². The molecule has 1 aromatic rings. The first-order chi connectivity index (χ1) is 10.5. The summed E-state index contributed by atoms with van der Waals surface area (Å²) in [5, 5.41) is 7.03. The number of nitrogens with one attached hydrogen (secondary N) is 1. The maximum atomic E-state index is 11.9. The number of aryl methyl sites for hydroxylation is 2. The second-order valence-corrected chi connectivity index (χ2v) is 6.23. The van der Waals surface area contributed by atoms with Gasteiger partial charge in [-0.15, -0.1) is 0 Å². The highest BCUT2D eigenvalue weighted by molar-refractivity contribution is 5.78. The van der Waals surface area contributed by atoms with Gasteiger partial charge in [-0.3, -0.25) is 14.6 Å². The van der Waals surface area contributed by atoms with Crippen LogP contribution >= 0.6 is 0 Å². The molecule has 1 fully saturated rings. The summed E-state index contributed by atoms with van der Waals surface area (Å²) in [4.78, 5) is 16.5. The molecule has 1 aromatic heterocycles. The van der Waals surface area contributed by atoms with Crippen molar-refractivity contribution in [3.8, 4) is 0 Å². The average Bonchev–Trinajstić information content (AvgIpc) is 2.80. The van der Waals surface area contributed by atoms with Crippen molar-refractivity contribution < 1.29 is 9.32 Å². The standard InChI is InChI=1S/C16H28N4O2/c1-5-12(2)17-16(21)11-20-8-6-19(7-9-20)10-15-13(3)18-22-14(15)4/h12H,5-11H2,1-4H3,(H,17,21)/t12-/m1/s1. The maximum Gasteiger partial charge on any atom is 0.234 e. The average molecular weight is 308 g/mol. The van der Waals surface area contributed by atoms with E-state index in [2.05, 4.69) is 27.2 Å². The smallest absolute Gasteiger partial charge is 0.234 e. The zero-order valence-corrected chi connectivity index (χ0v) is 14.2. The summed E-state index contributed by atoms with van der Waals surface area (Å²) in [5.41, 5.74) is 2.18. The van der Waals surface area contributed by atoms with E-state index in [0.29, 0.717) is 6.54 Å². The molecule has 2 heterocycles. The Hall–Kier alpha value is -1.40. The van der Waals surface area contributed by atoms with E-state index in [4.69, 9.17) is 4.52 Å². The van der Waals surface area contributed by atoms with E-state index < -0.39 is 0 Å². The Labute approximate surface area is 132 Å². The Kier molecular flexibility index (Phi) is 5.97. The first-order valence-electron chi connectivity index (χ1n) is 8.15. The molecule has 6 heteroatoms. The molecule has 0 radical (unpaired) electrons. The summed E-state index contributed by atoms with van der Waals surface area (Å²) in [5.74, 6) is 1.04. The Balaban J connectivity index is 1.75. The van der Waals surface area contributed by atoms with Gasteiger partial charge in [0.15, 0.2) is 0 Å². The van der Waals surface area contributed by atoms with Crippen molar-refractivity contribution in [2.45, 2.75) is 46.7 Å². The van der Waals surface area contributed by atoms with Crippen LogP contribution in [0.3, 0.4) is 0 Å². The van der Waals surface area contributed by atoms with Crippen molar-refractivity contribution in [2.75, 3.05) is 32.7 Å². The number of nitrogens with zero attached hydrogens (tertiary/aromatic N) is 3. The van der Waals surface area contributed by atoms with Crippen molar-refractivity contribution in [2.24, 2.45) is 0 Å². The van der Waals surface area contributed by atoms with Crippen LogP contribution in [0.2, 0.25) is 0 Å². The summed E-state index contributed by atoms with van der Waals surface area (Å²) < 4.78 is 5.22. The van der Waals surface area contributed by atoms with E-state index in [1.54, 1.807) is 0 Å². The lowest BCUT2D eigenvalue weighted by atomic mass is 10.2. The topological polar surface area (TPSA) is 61.6 Å². The Bertz CT molecular complexity index is 473. The molecule has 0 saturated carbocycles. The van der Waals surface area contributed by atoms with Gasteiger partial charge in [0.05, 0.1) is 12.2 Å². The Morgan fingerprint density at radius 1 is 1.27 bits per heavy atom. The molecule has 0 aliphatic carbocycles. The van der Waals surface area contributed by atoms with E-state index in [1.165, 1.54) is 5.56 Å². The van der Waals surface area contributed by atoms with E-state index in [9.17, 15) is 4.79 Å². The largest absolute Gasteiger partial charge is 0.361 e. The third-order valence-electron chi connectivity index (χ3n) is 4.41. The molecule has 1 atom stereocenters. The second kappa shape index (κ2) is 7.74. The summed E-state index contributed by atoms with van der Waals surface area (Å²) in [6.07, 6.45) is 0.969. The van der Waals surface area contributed by atoms with Crippen LogP contribution < -0.4 is 5.32 Å².